The Hall–Kier alpha value is -2.01. The molecule has 108 valence electrons. The second-order valence-corrected chi connectivity index (χ2v) is 4.81. The predicted octanol–water partition coefficient (Wildman–Crippen LogP) is 1.55. The molecular formula is C15H19NO4. The van der Waals surface area contributed by atoms with Crippen molar-refractivity contribution >= 4 is 5.91 Å². The van der Waals surface area contributed by atoms with Gasteiger partial charge in [0.25, 0.3) is 5.91 Å². The number of carbonyl (C=O) groups excluding carboxylic acids is 1. The first-order valence-electron chi connectivity index (χ1n) is 6.53. The fourth-order valence-electron chi connectivity index (χ4n) is 2.41. The summed E-state index contributed by atoms with van der Waals surface area (Å²) in [6, 6.07) is 4.32. The zero-order valence-electron chi connectivity index (χ0n) is 11.7. The Morgan fingerprint density at radius 1 is 1.55 bits per heavy atom. The maximum absolute atomic E-state index is 12.5. The van der Waals surface area contributed by atoms with Crippen molar-refractivity contribution in [2.45, 2.75) is 19.4 Å². The second kappa shape index (κ2) is 5.96. The number of allylic oxidation sites excluding steroid dienone is 1. The number of nitrogens with zero attached hydrogens (tertiary/aromatic N) is 1. The zero-order chi connectivity index (χ0) is 14.7. The van der Waals surface area contributed by atoms with Crippen LogP contribution in [0.1, 0.15) is 23.7 Å². The van der Waals surface area contributed by atoms with E-state index in [1.807, 2.05) is 13.0 Å². The summed E-state index contributed by atoms with van der Waals surface area (Å²) in [6.07, 6.45) is 2.68. The van der Waals surface area contributed by atoms with Crippen LogP contribution in [0.25, 0.3) is 0 Å². The van der Waals surface area contributed by atoms with Gasteiger partial charge in [0.1, 0.15) is 0 Å². The summed E-state index contributed by atoms with van der Waals surface area (Å²) in [7, 11) is 1.44. The molecule has 2 rings (SSSR count). The predicted molar refractivity (Wildman–Crippen MR) is 74.9 cm³/mol. The minimum absolute atomic E-state index is 0.00155. The van der Waals surface area contributed by atoms with Gasteiger partial charge in [-0.15, -0.1) is 0 Å². The number of aliphatic hydroxyl groups excluding tert-OH is 1. The second-order valence-electron chi connectivity index (χ2n) is 4.81. The first kappa shape index (κ1) is 14.4. The van der Waals surface area contributed by atoms with E-state index in [4.69, 9.17) is 4.74 Å². The van der Waals surface area contributed by atoms with Gasteiger partial charge in [0.2, 0.25) is 0 Å². The van der Waals surface area contributed by atoms with Crippen LogP contribution in [0.4, 0.5) is 0 Å². The molecule has 1 saturated heterocycles. The SMILES string of the molecule is C/C=C1/C[C@@H](CO)N(C(=O)c2ccc(O)c(OC)c2)C1. The molecule has 2 N–H and O–H groups in total. The molecule has 1 aliphatic heterocycles. The minimum Gasteiger partial charge on any atom is -0.504 e. The van der Waals surface area contributed by atoms with Gasteiger partial charge in [0.15, 0.2) is 11.5 Å². The standard InChI is InChI=1S/C15H19NO4/c1-3-10-6-12(9-17)16(8-10)15(19)11-4-5-13(18)14(7-11)20-2/h3-5,7,12,17-18H,6,8-9H2,1-2H3/b10-3-/t12-/m0/s1. The molecule has 20 heavy (non-hydrogen) atoms. The molecule has 0 aromatic heterocycles. The summed E-state index contributed by atoms with van der Waals surface area (Å²) < 4.78 is 5.01. The lowest BCUT2D eigenvalue weighted by Crippen LogP contribution is -2.37. The van der Waals surface area contributed by atoms with Gasteiger partial charge in [-0.2, -0.15) is 0 Å². The quantitative estimate of drug-likeness (QED) is 0.822. The van der Waals surface area contributed by atoms with Gasteiger partial charge in [-0.3, -0.25) is 4.79 Å². The van der Waals surface area contributed by atoms with Gasteiger partial charge < -0.3 is 19.8 Å². The van der Waals surface area contributed by atoms with Gasteiger partial charge in [0.05, 0.1) is 19.8 Å². The van der Waals surface area contributed by atoms with E-state index >= 15 is 0 Å². The third kappa shape index (κ3) is 2.63. The number of amides is 1. The van der Waals surface area contributed by atoms with Crippen molar-refractivity contribution in [1.82, 2.24) is 4.90 Å². The average Bonchev–Trinajstić information content (AvgIpc) is 2.90. The maximum atomic E-state index is 12.5. The molecule has 0 radical (unpaired) electrons. The summed E-state index contributed by atoms with van der Waals surface area (Å²) in [5, 5.41) is 19.0. The number of phenols is 1. The lowest BCUT2D eigenvalue weighted by Gasteiger charge is -2.22. The summed E-state index contributed by atoms with van der Waals surface area (Å²) in [5.74, 6) is 0.0966. The average molecular weight is 277 g/mol. The first-order valence-corrected chi connectivity index (χ1v) is 6.53. The van der Waals surface area contributed by atoms with Crippen LogP contribution in [0, 0.1) is 0 Å². The van der Waals surface area contributed by atoms with Crippen LogP contribution in [-0.2, 0) is 0 Å². The Morgan fingerprint density at radius 3 is 2.90 bits per heavy atom. The van der Waals surface area contributed by atoms with Crippen molar-refractivity contribution < 1.29 is 19.7 Å². The molecule has 5 heteroatoms. The number of hydrogen-bond donors (Lipinski definition) is 2. The van der Waals surface area contributed by atoms with E-state index in [1.54, 1.807) is 11.0 Å². The van der Waals surface area contributed by atoms with E-state index < -0.39 is 0 Å². The fourth-order valence-corrected chi connectivity index (χ4v) is 2.41. The molecule has 0 saturated carbocycles. The molecular weight excluding hydrogens is 258 g/mol. The van der Waals surface area contributed by atoms with Crippen LogP contribution < -0.4 is 4.74 Å². The molecule has 1 aliphatic rings. The Kier molecular flexibility index (Phi) is 4.29. The molecule has 5 nitrogen and oxygen atoms in total. The number of aliphatic hydroxyl groups is 1. The lowest BCUT2D eigenvalue weighted by atomic mass is 10.1. The lowest BCUT2D eigenvalue weighted by molar-refractivity contribution is 0.0679. The van der Waals surface area contributed by atoms with Crippen molar-refractivity contribution in [1.29, 1.82) is 0 Å². The molecule has 0 unspecified atom stereocenters. The van der Waals surface area contributed by atoms with Crippen LogP contribution in [-0.4, -0.2) is 47.3 Å². The largest absolute Gasteiger partial charge is 0.504 e. The Morgan fingerprint density at radius 2 is 2.30 bits per heavy atom. The normalized spacial score (nSPS) is 20.4. The molecule has 1 fully saturated rings. The fraction of sp³-hybridized carbons (Fsp3) is 0.400. The topological polar surface area (TPSA) is 70.0 Å². The van der Waals surface area contributed by atoms with Crippen molar-refractivity contribution in [2.24, 2.45) is 0 Å². The number of benzene rings is 1. The number of carbonyl (C=O) groups is 1. The van der Waals surface area contributed by atoms with Crippen LogP contribution >= 0.6 is 0 Å². The van der Waals surface area contributed by atoms with Crippen LogP contribution in [0.5, 0.6) is 11.5 Å². The molecule has 1 aromatic rings. The summed E-state index contributed by atoms with van der Waals surface area (Å²) in [5.41, 5.74) is 1.58. The molecule has 1 aromatic carbocycles. The Labute approximate surface area is 118 Å². The number of rotatable bonds is 3. The molecule has 0 spiro atoms. The third-order valence-electron chi connectivity index (χ3n) is 3.62. The van der Waals surface area contributed by atoms with Crippen LogP contribution in [0.2, 0.25) is 0 Å². The highest BCUT2D eigenvalue weighted by molar-refractivity contribution is 5.95. The van der Waals surface area contributed by atoms with Gasteiger partial charge in [-0.25, -0.2) is 0 Å². The number of phenolic OH excluding ortho intramolecular Hbond substituents is 1. The highest BCUT2D eigenvalue weighted by Gasteiger charge is 2.31. The number of methoxy groups -OCH3 is 1. The molecule has 0 bridgehead atoms. The monoisotopic (exact) mass is 277 g/mol. The molecule has 1 heterocycles. The first-order chi connectivity index (χ1) is 9.60. The summed E-state index contributed by atoms with van der Waals surface area (Å²) in [6.45, 7) is 2.41. The van der Waals surface area contributed by atoms with E-state index in [2.05, 4.69) is 0 Å². The van der Waals surface area contributed by atoms with E-state index in [0.29, 0.717) is 18.5 Å². The van der Waals surface area contributed by atoms with Crippen molar-refractivity contribution in [3.8, 4) is 11.5 Å². The van der Waals surface area contributed by atoms with E-state index in [0.717, 1.165) is 5.57 Å². The van der Waals surface area contributed by atoms with Gasteiger partial charge in [0, 0.05) is 12.1 Å². The number of hydrogen-bond acceptors (Lipinski definition) is 4. The third-order valence-corrected chi connectivity index (χ3v) is 3.62. The van der Waals surface area contributed by atoms with Crippen molar-refractivity contribution in [2.75, 3.05) is 20.3 Å². The maximum Gasteiger partial charge on any atom is 0.254 e. The van der Waals surface area contributed by atoms with Gasteiger partial charge >= 0.3 is 0 Å². The number of aromatic hydroxyl groups is 1. The molecule has 0 aliphatic carbocycles. The summed E-state index contributed by atoms with van der Waals surface area (Å²) >= 11 is 0. The Bertz CT molecular complexity index is 539. The molecule has 1 atom stereocenters. The van der Waals surface area contributed by atoms with E-state index in [9.17, 15) is 15.0 Å². The minimum atomic E-state index is -0.187. The summed E-state index contributed by atoms with van der Waals surface area (Å²) in [4.78, 5) is 14.2. The van der Waals surface area contributed by atoms with Crippen LogP contribution in [0.15, 0.2) is 29.8 Å². The Balaban J connectivity index is 2.26. The van der Waals surface area contributed by atoms with Gasteiger partial charge in [-0.05, 0) is 31.5 Å². The highest BCUT2D eigenvalue weighted by Crippen LogP contribution is 2.29. The van der Waals surface area contributed by atoms with E-state index in [-0.39, 0.29) is 30.1 Å². The van der Waals surface area contributed by atoms with Crippen LogP contribution in [0.3, 0.4) is 0 Å². The number of likely N-dealkylation sites (tertiary alicyclic amines) is 1. The van der Waals surface area contributed by atoms with E-state index in [1.165, 1.54) is 19.2 Å². The zero-order valence-corrected chi connectivity index (χ0v) is 11.7. The van der Waals surface area contributed by atoms with Crippen molar-refractivity contribution in [3.05, 3.63) is 35.4 Å². The highest BCUT2D eigenvalue weighted by atomic mass is 16.5. The van der Waals surface area contributed by atoms with Gasteiger partial charge in [-0.1, -0.05) is 11.6 Å². The smallest absolute Gasteiger partial charge is 0.254 e. The van der Waals surface area contributed by atoms with Crippen molar-refractivity contribution in [3.63, 3.8) is 0 Å². The number of ether oxygens (including phenoxy) is 1. The molecule has 1 amide bonds.